The zero-order valence-corrected chi connectivity index (χ0v) is 24.7. The summed E-state index contributed by atoms with van der Waals surface area (Å²) in [5, 5.41) is 15.7. The van der Waals surface area contributed by atoms with E-state index in [4.69, 9.17) is 10.5 Å². The molecule has 2 aliphatic heterocycles. The Morgan fingerprint density at radius 2 is 1.86 bits per heavy atom. The number of amides is 2. The van der Waals surface area contributed by atoms with Crippen molar-refractivity contribution >= 4 is 23.5 Å². The van der Waals surface area contributed by atoms with Crippen molar-refractivity contribution in [2.45, 2.75) is 55.5 Å². The lowest BCUT2D eigenvalue weighted by molar-refractivity contribution is -0.172. The van der Waals surface area contributed by atoms with Crippen molar-refractivity contribution in [1.82, 2.24) is 20.2 Å². The van der Waals surface area contributed by atoms with Gasteiger partial charge in [-0.15, -0.1) is 0 Å². The summed E-state index contributed by atoms with van der Waals surface area (Å²) in [6.45, 7) is 4.09. The summed E-state index contributed by atoms with van der Waals surface area (Å²) in [5.74, 6) is 0.373. The number of likely N-dealkylation sites (tertiary alicyclic amines) is 1. The van der Waals surface area contributed by atoms with Crippen LogP contribution in [0.15, 0.2) is 54.9 Å². The quantitative estimate of drug-likeness (QED) is 0.311. The highest BCUT2D eigenvalue weighted by atomic mass is 16.5. The Morgan fingerprint density at radius 3 is 2.57 bits per heavy atom. The molecule has 5 N–H and O–H groups in total. The van der Waals surface area contributed by atoms with E-state index in [2.05, 4.69) is 49.8 Å². The van der Waals surface area contributed by atoms with Crippen LogP contribution in [0, 0.1) is 11.3 Å². The molecule has 228 valence electrons. The predicted molar refractivity (Wildman–Crippen MR) is 165 cm³/mol. The van der Waals surface area contributed by atoms with Crippen molar-refractivity contribution in [1.29, 1.82) is 0 Å². The number of ether oxygens (including phenoxy) is 1. The van der Waals surface area contributed by atoms with Crippen LogP contribution >= 0.6 is 0 Å². The van der Waals surface area contributed by atoms with E-state index in [1.165, 1.54) is 18.2 Å². The molecule has 3 aromatic rings. The summed E-state index contributed by atoms with van der Waals surface area (Å²) < 4.78 is 5.59. The Morgan fingerprint density at radius 1 is 1.09 bits per heavy atom. The first-order valence-corrected chi connectivity index (χ1v) is 15.7. The van der Waals surface area contributed by atoms with Gasteiger partial charge in [-0.3, -0.25) is 19.5 Å². The van der Waals surface area contributed by atoms with Crippen LogP contribution in [-0.4, -0.2) is 76.3 Å². The maximum atomic E-state index is 13.5. The maximum Gasteiger partial charge on any atom is 0.258 e. The minimum atomic E-state index is -0.359. The second-order valence-corrected chi connectivity index (χ2v) is 13.8. The number of nitrogens with one attached hydrogen (secondary N) is 2. The fourth-order valence-electron chi connectivity index (χ4n) is 8.59. The SMILES string of the molecule is Nc1nc(NC(=O)c2cccnc2)c(-c2ccc([C@@]34C[C@@H]3CN(C3CCOCC3)C4)cc2)cc1C(=O)NC12CC(CO)(C1)C2. The van der Waals surface area contributed by atoms with Crippen LogP contribution < -0.4 is 16.4 Å². The number of hydrogen-bond acceptors (Lipinski definition) is 8. The Balaban J connectivity index is 1.07. The van der Waals surface area contributed by atoms with Crippen molar-refractivity contribution in [2.75, 3.05) is 44.0 Å². The predicted octanol–water partition coefficient (Wildman–Crippen LogP) is 3.38. The number of benzene rings is 1. The topological polar surface area (TPSA) is 143 Å². The van der Waals surface area contributed by atoms with Crippen LogP contribution in [0.1, 0.15) is 64.8 Å². The lowest BCUT2D eigenvalue weighted by Crippen LogP contribution is -2.75. The molecule has 2 atom stereocenters. The molecule has 0 unspecified atom stereocenters. The van der Waals surface area contributed by atoms with E-state index in [0.29, 0.717) is 28.9 Å². The lowest BCUT2D eigenvalue weighted by Gasteiger charge is -2.70. The molecule has 0 spiro atoms. The highest BCUT2D eigenvalue weighted by molar-refractivity contribution is 6.07. The normalized spacial score (nSPS) is 30.5. The van der Waals surface area contributed by atoms with Crippen molar-refractivity contribution in [3.8, 4) is 11.1 Å². The fraction of sp³-hybridized carbons (Fsp3) is 0.471. The van der Waals surface area contributed by atoms with E-state index in [1.807, 2.05) is 0 Å². The number of hydrogen-bond donors (Lipinski definition) is 4. The number of nitrogens with two attached hydrogens (primary N) is 1. The fourth-order valence-corrected chi connectivity index (χ4v) is 8.59. The number of aromatic nitrogens is 2. The van der Waals surface area contributed by atoms with Gasteiger partial charge in [0.25, 0.3) is 11.8 Å². The van der Waals surface area contributed by atoms with Gasteiger partial charge in [0.1, 0.15) is 11.6 Å². The van der Waals surface area contributed by atoms with E-state index >= 15 is 0 Å². The summed E-state index contributed by atoms with van der Waals surface area (Å²) in [4.78, 5) is 37.8. The molecule has 2 saturated heterocycles. The van der Waals surface area contributed by atoms with Gasteiger partial charge in [-0.2, -0.15) is 0 Å². The van der Waals surface area contributed by atoms with Gasteiger partial charge in [0.15, 0.2) is 0 Å². The van der Waals surface area contributed by atoms with Crippen LogP contribution in [0.2, 0.25) is 0 Å². The molecule has 1 aromatic carbocycles. The third-order valence-electron chi connectivity index (χ3n) is 11.0. The van der Waals surface area contributed by atoms with Gasteiger partial charge < -0.3 is 26.2 Å². The van der Waals surface area contributed by atoms with E-state index in [-0.39, 0.29) is 46.2 Å². The highest BCUT2D eigenvalue weighted by Gasteiger charge is 2.68. The second-order valence-electron chi connectivity index (χ2n) is 13.8. The van der Waals surface area contributed by atoms with Gasteiger partial charge >= 0.3 is 0 Å². The number of pyridine rings is 2. The number of nitrogen functional groups attached to an aromatic ring is 1. The largest absolute Gasteiger partial charge is 0.396 e. The van der Waals surface area contributed by atoms with Crippen molar-refractivity contribution in [3.05, 3.63) is 71.5 Å². The third kappa shape index (κ3) is 4.50. The number of aliphatic hydroxyl groups is 1. The summed E-state index contributed by atoms with van der Waals surface area (Å²) >= 11 is 0. The van der Waals surface area contributed by atoms with Gasteiger partial charge in [-0.1, -0.05) is 24.3 Å². The molecule has 10 heteroatoms. The van der Waals surface area contributed by atoms with Crippen LogP contribution in [-0.2, 0) is 10.2 Å². The zero-order valence-electron chi connectivity index (χ0n) is 24.7. The zero-order chi connectivity index (χ0) is 30.1. The lowest BCUT2D eigenvalue weighted by atomic mass is 9.39. The van der Waals surface area contributed by atoms with Crippen LogP contribution in [0.5, 0.6) is 0 Å². The summed E-state index contributed by atoms with van der Waals surface area (Å²) in [6, 6.07) is 14.3. The molecule has 44 heavy (non-hydrogen) atoms. The molecule has 10 nitrogen and oxygen atoms in total. The number of aliphatic hydroxyl groups excluding tert-OH is 1. The first-order chi connectivity index (χ1) is 21.3. The Hall–Kier alpha value is -3.86. The average Bonchev–Trinajstić information content (AvgIpc) is 3.59. The van der Waals surface area contributed by atoms with Gasteiger partial charge in [0.05, 0.1) is 11.1 Å². The van der Waals surface area contributed by atoms with Crippen molar-refractivity contribution in [3.63, 3.8) is 0 Å². The molecule has 2 bridgehead atoms. The molecule has 6 fully saturated rings. The summed E-state index contributed by atoms with van der Waals surface area (Å²) in [7, 11) is 0. The molecule has 2 amide bonds. The van der Waals surface area contributed by atoms with E-state index < -0.39 is 0 Å². The number of rotatable bonds is 8. The van der Waals surface area contributed by atoms with Gasteiger partial charge in [0.2, 0.25) is 0 Å². The van der Waals surface area contributed by atoms with Gasteiger partial charge in [-0.05, 0) is 73.8 Å². The smallest absolute Gasteiger partial charge is 0.258 e. The first-order valence-electron chi connectivity index (χ1n) is 15.7. The first kappa shape index (κ1) is 27.7. The summed E-state index contributed by atoms with van der Waals surface area (Å²) in [6.07, 6.45) is 8.86. The standard InChI is InChI=1S/C34H38N6O4/c35-28-27(31(43)39-33-16-32(17-33,18-33)20-41)12-26(29(37-28)38-30(42)22-2-1-9-36-14-22)21-3-5-23(6-4-21)34-13-24(34)15-40(19-34)25-7-10-44-11-8-25/h1-6,9,12,14,24-25,41H,7-8,10-11,13,15-20H2,(H,39,43)(H3,35,37,38,42)/t24-,32?,33?,34+/m1/s1. The Bertz CT molecular complexity index is 1600. The average molecular weight is 595 g/mol. The molecule has 4 heterocycles. The van der Waals surface area contributed by atoms with Crippen molar-refractivity contribution in [2.24, 2.45) is 11.3 Å². The number of nitrogens with zero attached hydrogens (tertiary/aromatic N) is 3. The number of carbonyl (C=O) groups is 2. The molecule has 4 aliphatic carbocycles. The minimum absolute atomic E-state index is 0.0361. The molecule has 9 rings (SSSR count). The van der Waals surface area contributed by atoms with Crippen LogP contribution in [0.3, 0.4) is 0 Å². The van der Waals surface area contributed by atoms with Crippen LogP contribution in [0.4, 0.5) is 11.6 Å². The van der Waals surface area contributed by atoms with Crippen molar-refractivity contribution < 1.29 is 19.4 Å². The van der Waals surface area contributed by atoms with Crippen LogP contribution in [0.25, 0.3) is 11.1 Å². The highest BCUT2D eigenvalue weighted by Crippen LogP contribution is 2.67. The molecule has 6 aliphatic rings. The Labute approximate surface area is 256 Å². The number of anilines is 2. The van der Waals surface area contributed by atoms with E-state index in [1.54, 1.807) is 24.4 Å². The molecule has 0 radical (unpaired) electrons. The molecular formula is C34H38N6O4. The number of carbonyl (C=O) groups excluding carboxylic acids is 2. The summed E-state index contributed by atoms with van der Waals surface area (Å²) in [5.41, 5.74) is 9.70. The number of fused-ring (bicyclic) bond motifs is 1. The van der Waals surface area contributed by atoms with E-state index in [0.717, 1.165) is 64.0 Å². The molecule has 2 aromatic heterocycles. The van der Waals surface area contributed by atoms with Gasteiger partial charge in [-0.25, -0.2) is 4.98 Å². The Kier molecular flexibility index (Phi) is 6.34. The second kappa shape index (κ2) is 10.1. The van der Waals surface area contributed by atoms with Gasteiger partial charge in [0, 0.05) is 73.3 Å². The molecule has 4 saturated carbocycles. The third-order valence-corrected chi connectivity index (χ3v) is 11.0. The monoisotopic (exact) mass is 594 g/mol. The maximum absolute atomic E-state index is 13.5. The minimum Gasteiger partial charge on any atom is -0.396 e. The van der Waals surface area contributed by atoms with E-state index in [9.17, 15) is 14.7 Å². The molecular weight excluding hydrogens is 556 g/mol. The number of piperidine rings is 1.